The van der Waals surface area contributed by atoms with Crippen molar-refractivity contribution in [3.8, 4) is 5.75 Å². The molecule has 1 N–H and O–H groups in total. The number of ether oxygens (including phenoxy) is 1. The number of para-hydroxylation sites is 1. The van der Waals surface area contributed by atoms with Crippen LogP contribution < -0.4 is 10.1 Å². The van der Waals surface area contributed by atoms with E-state index in [-0.39, 0.29) is 11.9 Å². The minimum absolute atomic E-state index is 0.0230. The fourth-order valence-corrected chi connectivity index (χ4v) is 3.06. The number of nitrogens with one attached hydrogen (secondary N) is 1. The number of carbonyl (C=O) groups is 1. The van der Waals surface area contributed by atoms with E-state index in [1.165, 1.54) is 0 Å². The van der Waals surface area contributed by atoms with Crippen LogP contribution in [0.2, 0.25) is 5.02 Å². The predicted octanol–water partition coefficient (Wildman–Crippen LogP) is 4.47. The van der Waals surface area contributed by atoms with Gasteiger partial charge in [0.2, 0.25) is 5.91 Å². The van der Waals surface area contributed by atoms with Crippen LogP contribution in [0.15, 0.2) is 48.5 Å². The van der Waals surface area contributed by atoms with Gasteiger partial charge in [0.15, 0.2) is 0 Å². The van der Waals surface area contributed by atoms with Gasteiger partial charge in [-0.15, -0.1) is 11.8 Å². The zero-order valence-electron chi connectivity index (χ0n) is 13.9. The number of halogens is 1. The fraction of sp³-hybridized carbons (Fsp3) is 0.316. The monoisotopic (exact) mass is 363 g/mol. The average molecular weight is 364 g/mol. The number of aryl methyl sites for hydroxylation is 1. The molecule has 2 aromatic carbocycles. The maximum Gasteiger partial charge on any atom is 0.230 e. The Morgan fingerprint density at radius 1 is 1.21 bits per heavy atom. The Morgan fingerprint density at radius 2 is 1.92 bits per heavy atom. The molecule has 0 heterocycles. The Labute approximate surface area is 152 Å². The molecule has 0 spiro atoms. The molecule has 2 rings (SSSR count). The molecule has 24 heavy (non-hydrogen) atoms. The van der Waals surface area contributed by atoms with Crippen LogP contribution >= 0.6 is 23.4 Å². The number of rotatable bonds is 8. The van der Waals surface area contributed by atoms with E-state index in [0.717, 1.165) is 27.7 Å². The highest BCUT2D eigenvalue weighted by Crippen LogP contribution is 2.17. The molecule has 0 saturated carbocycles. The van der Waals surface area contributed by atoms with Gasteiger partial charge in [0.25, 0.3) is 0 Å². The van der Waals surface area contributed by atoms with Crippen LogP contribution in [-0.2, 0) is 10.5 Å². The van der Waals surface area contributed by atoms with E-state index in [2.05, 4.69) is 5.32 Å². The quantitative estimate of drug-likeness (QED) is 0.752. The van der Waals surface area contributed by atoms with Gasteiger partial charge in [-0.05, 0) is 43.2 Å². The molecule has 2 aromatic rings. The van der Waals surface area contributed by atoms with Crippen LogP contribution in [0.1, 0.15) is 18.1 Å². The lowest BCUT2D eigenvalue weighted by atomic mass is 10.2. The highest BCUT2D eigenvalue weighted by Gasteiger charge is 2.09. The van der Waals surface area contributed by atoms with Crippen LogP contribution in [-0.4, -0.2) is 24.3 Å². The van der Waals surface area contributed by atoms with E-state index in [4.69, 9.17) is 16.3 Å². The molecule has 0 radical (unpaired) electrons. The van der Waals surface area contributed by atoms with E-state index in [1.54, 1.807) is 11.8 Å². The summed E-state index contributed by atoms with van der Waals surface area (Å²) in [4.78, 5) is 12.0. The lowest BCUT2D eigenvalue weighted by molar-refractivity contribution is -0.119. The van der Waals surface area contributed by atoms with Crippen molar-refractivity contribution in [3.05, 3.63) is 64.7 Å². The maximum absolute atomic E-state index is 12.0. The Kier molecular flexibility index (Phi) is 7.47. The molecule has 1 unspecified atom stereocenters. The number of hydrogen-bond donors (Lipinski definition) is 1. The molecule has 0 fully saturated rings. The lowest BCUT2D eigenvalue weighted by Gasteiger charge is -2.16. The standard InChI is InChI=1S/C19H22ClNO2S/c1-14-5-3-4-6-18(14)23-11-15(2)21-19(22)13-24-12-16-7-9-17(20)10-8-16/h3-10,15H,11-13H2,1-2H3,(H,21,22). The highest BCUT2D eigenvalue weighted by atomic mass is 35.5. The number of carbonyl (C=O) groups excluding carboxylic acids is 1. The summed E-state index contributed by atoms with van der Waals surface area (Å²) >= 11 is 7.44. The zero-order chi connectivity index (χ0) is 17.4. The van der Waals surface area contributed by atoms with Crippen molar-refractivity contribution < 1.29 is 9.53 Å². The number of hydrogen-bond acceptors (Lipinski definition) is 3. The largest absolute Gasteiger partial charge is 0.491 e. The van der Waals surface area contributed by atoms with Crippen LogP contribution in [0.4, 0.5) is 0 Å². The third-order valence-electron chi connectivity index (χ3n) is 3.40. The highest BCUT2D eigenvalue weighted by molar-refractivity contribution is 7.99. The molecule has 128 valence electrons. The second kappa shape index (κ2) is 9.60. The third kappa shape index (κ3) is 6.46. The van der Waals surface area contributed by atoms with Gasteiger partial charge in [-0.25, -0.2) is 0 Å². The topological polar surface area (TPSA) is 38.3 Å². The van der Waals surface area contributed by atoms with Crippen molar-refractivity contribution in [2.75, 3.05) is 12.4 Å². The summed E-state index contributed by atoms with van der Waals surface area (Å²) < 4.78 is 5.75. The minimum atomic E-state index is -0.0340. The van der Waals surface area contributed by atoms with Crippen LogP contribution in [0.3, 0.4) is 0 Å². The molecule has 1 amide bonds. The van der Waals surface area contributed by atoms with Crippen molar-refractivity contribution in [1.82, 2.24) is 5.32 Å². The Hall–Kier alpha value is -1.65. The molecule has 0 aromatic heterocycles. The van der Waals surface area contributed by atoms with Gasteiger partial charge in [0.05, 0.1) is 11.8 Å². The van der Waals surface area contributed by atoms with Gasteiger partial charge in [0, 0.05) is 10.8 Å². The van der Waals surface area contributed by atoms with E-state index in [1.807, 2.05) is 62.4 Å². The first kappa shape index (κ1) is 18.7. The van der Waals surface area contributed by atoms with E-state index >= 15 is 0 Å². The van der Waals surface area contributed by atoms with Gasteiger partial charge in [-0.1, -0.05) is 41.9 Å². The molecule has 0 aliphatic carbocycles. The van der Waals surface area contributed by atoms with Gasteiger partial charge in [-0.2, -0.15) is 0 Å². The molecular formula is C19H22ClNO2S. The van der Waals surface area contributed by atoms with Crippen molar-refractivity contribution in [2.24, 2.45) is 0 Å². The summed E-state index contributed by atoms with van der Waals surface area (Å²) in [6, 6.07) is 15.5. The molecule has 0 aliphatic rings. The molecule has 0 aliphatic heterocycles. The van der Waals surface area contributed by atoms with Crippen molar-refractivity contribution in [3.63, 3.8) is 0 Å². The SMILES string of the molecule is Cc1ccccc1OCC(C)NC(=O)CSCc1ccc(Cl)cc1. The second-order valence-electron chi connectivity index (χ2n) is 5.66. The number of benzene rings is 2. The first-order valence-corrected chi connectivity index (χ1v) is 9.38. The zero-order valence-corrected chi connectivity index (χ0v) is 15.5. The first-order valence-electron chi connectivity index (χ1n) is 7.84. The van der Waals surface area contributed by atoms with E-state index in [0.29, 0.717) is 12.4 Å². The number of thioether (sulfide) groups is 1. The fourth-order valence-electron chi connectivity index (χ4n) is 2.13. The van der Waals surface area contributed by atoms with Crippen molar-refractivity contribution in [1.29, 1.82) is 0 Å². The van der Waals surface area contributed by atoms with Gasteiger partial charge < -0.3 is 10.1 Å². The van der Waals surface area contributed by atoms with E-state index in [9.17, 15) is 4.79 Å². The smallest absolute Gasteiger partial charge is 0.230 e. The molecule has 3 nitrogen and oxygen atoms in total. The van der Waals surface area contributed by atoms with Gasteiger partial charge in [0.1, 0.15) is 12.4 Å². The van der Waals surface area contributed by atoms with Gasteiger partial charge in [-0.3, -0.25) is 4.79 Å². The normalized spacial score (nSPS) is 11.8. The summed E-state index contributed by atoms with van der Waals surface area (Å²) in [6.07, 6.45) is 0. The maximum atomic E-state index is 12.0. The average Bonchev–Trinajstić information content (AvgIpc) is 2.56. The van der Waals surface area contributed by atoms with Crippen LogP contribution in [0.25, 0.3) is 0 Å². The molecule has 1 atom stereocenters. The summed E-state index contributed by atoms with van der Waals surface area (Å²) in [7, 11) is 0. The van der Waals surface area contributed by atoms with Crippen LogP contribution in [0.5, 0.6) is 5.75 Å². The second-order valence-corrected chi connectivity index (χ2v) is 7.09. The van der Waals surface area contributed by atoms with Crippen molar-refractivity contribution in [2.45, 2.75) is 25.6 Å². The number of amides is 1. The summed E-state index contributed by atoms with van der Waals surface area (Å²) in [5.41, 5.74) is 2.25. The summed E-state index contributed by atoms with van der Waals surface area (Å²) in [5, 5.41) is 3.68. The summed E-state index contributed by atoms with van der Waals surface area (Å²) in [5.74, 6) is 2.10. The lowest BCUT2D eigenvalue weighted by Crippen LogP contribution is -2.37. The van der Waals surface area contributed by atoms with Crippen molar-refractivity contribution >= 4 is 29.3 Å². The Balaban J connectivity index is 1.66. The Morgan fingerprint density at radius 3 is 2.62 bits per heavy atom. The van der Waals surface area contributed by atoms with E-state index < -0.39 is 0 Å². The minimum Gasteiger partial charge on any atom is -0.491 e. The molecule has 0 bridgehead atoms. The molecular weight excluding hydrogens is 342 g/mol. The molecule has 0 saturated heterocycles. The first-order chi connectivity index (χ1) is 11.5. The van der Waals surface area contributed by atoms with Gasteiger partial charge >= 0.3 is 0 Å². The predicted molar refractivity (Wildman–Crippen MR) is 102 cm³/mol. The third-order valence-corrected chi connectivity index (χ3v) is 4.66. The Bertz CT molecular complexity index is 661. The molecule has 5 heteroatoms. The van der Waals surface area contributed by atoms with Crippen LogP contribution in [0, 0.1) is 6.92 Å². The summed E-state index contributed by atoms with van der Waals surface area (Å²) in [6.45, 7) is 4.41.